The van der Waals surface area contributed by atoms with E-state index < -0.39 is 17.6 Å². The Morgan fingerprint density at radius 3 is 2.62 bits per heavy atom. The minimum atomic E-state index is -0.481. The predicted octanol–water partition coefficient (Wildman–Crippen LogP) is 3.67. The summed E-state index contributed by atoms with van der Waals surface area (Å²) in [6.07, 6.45) is 0. The van der Waals surface area contributed by atoms with Crippen molar-refractivity contribution in [1.82, 2.24) is 0 Å². The maximum atomic E-state index is 13.5. The first-order chi connectivity index (χ1) is 10.0. The van der Waals surface area contributed by atoms with E-state index in [0.717, 1.165) is 29.4 Å². The number of rotatable bonds is 4. The molecule has 0 saturated carbocycles. The summed E-state index contributed by atoms with van der Waals surface area (Å²) in [7, 11) is 1.32. The van der Waals surface area contributed by atoms with Crippen molar-refractivity contribution in [3.05, 3.63) is 64.7 Å². The molecule has 0 atom stereocenters. The van der Waals surface area contributed by atoms with Crippen molar-refractivity contribution in [1.29, 1.82) is 0 Å². The van der Waals surface area contributed by atoms with Crippen molar-refractivity contribution in [2.45, 2.75) is 13.5 Å². The molecule has 0 heterocycles. The van der Waals surface area contributed by atoms with Gasteiger partial charge in [-0.15, -0.1) is 0 Å². The molecule has 0 aliphatic rings. The van der Waals surface area contributed by atoms with Crippen LogP contribution in [0.2, 0.25) is 0 Å². The van der Waals surface area contributed by atoms with Gasteiger partial charge in [-0.3, -0.25) is 0 Å². The maximum Gasteiger partial charge on any atom is 0.337 e. The molecule has 0 saturated heterocycles. The third-order valence-electron chi connectivity index (χ3n) is 3.12. The Kier molecular flexibility index (Phi) is 4.52. The minimum Gasteiger partial charge on any atom is -0.465 e. The molecule has 2 aromatic rings. The fourth-order valence-electron chi connectivity index (χ4n) is 1.98. The van der Waals surface area contributed by atoms with Gasteiger partial charge in [-0.1, -0.05) is 0 Å². The molecule has 1 N–H and O–H groups in total. The number of methoxy groups -OCH3 is 1. The molecular formula is C16H15F2NO2. The first-order valence-corrected chi connectivity index (χ1v) is 6.38. The summed E-state index contributed by atoms with van der Waals surface area (Å²) in [6.45, 7) is 1.97. The number of hydrogen-bond donors (Lipinski definition) is 1. The summed E-state index contributed by atoms with van der Waals surface area (Å²) in [5.41, 5.74) is 2.24. The van der Waals surface area contributed by atoms with Gasteiger partial charge < -0.3 is 10.1 Å². The highest BCUT2D eigenvalue weighted by Gasteiger charge is 2.08. The average molecular weight is 291 g/mol. The lowest BCUT2D eigenvalue weighted by Gasteiger charge is -2.11. The van der Waals surface area contributed by atoms with Crippen LogP contribution in [0.5, 0.6) is 0 Å². The van der Waals surface area contributed by atoms with Crippen molar-refractivity contribution < 1.29 is 18.3 Å². The second kappa shape index (κ2) is 6.35. The Hall–Kier alpha value is -2.43. The molecule has 0 bridgehead atoms. The second-order valence-electron chi connectivity index (χ2n) is 4.61. The van der Waals surface area contributed by atoms with Crippen molar-refractivity contribution >= 4 is 11.7 Å². The number of nitrogens with one attached hydrogen (secondary N) is 1. The van der Waals surface area contributed by atoms with Crippen LogP contribution < -0.4 is 5.32 Å². The molecule has 2 aromatic carbocycles. The van der Waals surface area contributed by atoms with Crippen molar-refractivity contribution in [3.63, 3.8) is 0 Å². The van der Waals surface area contributed by atoms with E-state index in [4.69, 9.17) is 0 Å². The summed E-state index contributed by atoms with van der Waals surface area (Å²) in [4.78, 5) is 11.4. The lowest BCUT2D eigenvalue weighted by molar-refractivity contribution is 0.0600. The normalized spacial score (nSPS) is 10.3. The number of carbonyl (C=O) groups is 1. The van der Waals surface area contributed by atoms with Crippen molar-refractivity contribution in [2.75, 3.05) is 12.4 Å². The third kappa shape index (κ3) is 3.56. The van der Waals surface area contributed by atoms with Gasteiger partial charge in [0, 0.05) is 17.8 Å². The van der Waals surface area contributed by atoms with Crippen LogP contribution in [0.1, 0.15) is 21.5 Å². The Bertz CT molecular complexity index is 671. The molecule has 110 valence electrons. The van der Waals surface area contributed by atoms with Gasteiger partial charge in [-0.2, -0.15) is 0 Å². The fraction of sp³-hybridized carbons (Fsp3) is 0.188. The van der Waals surface area contributed by atoms with Gasteiger partial charge in [0.1, 0.15) is 11.6 Å². The lowest BCUT2D eigenvalue weighted by atomic mass is 10.1. The molecule has 2 rings (SSSR count). The molecule has 0 aromatic heterocycles. The molecule has 0 aliphatic heterocycles. The zero-order valence-corrected chi connectivity index (χ0v) is 11.7. The molecule has 0 fully saturated rings. The number of carbonyl (C=O) groups excluding carboxylic acids is 1. The Labute approximate surface area is 121 Å². The highest BCUT2D eigenvalue weighted by atomic mass is 19.1. The van der Waals surface area contributed by atoms with Crippen LogP contribution in [0.15, 0.2) is 36.4 Å². The number of aryl methyl sites for hydroxylation is 1. The number of hydrogen-bond acceptors (Lipinski definition) is 3. The number of halogens is 2. The van der Waals surface area contributed by atoms with Crippen LogP contribution in [0.3, 0.4) is 0 Å². The zero-order valence-electron chi connectivity index (χ0n) is 11.7. The van der Waals surface area contributed by atoms with Crippen LogP contribution in [0.25, 0.3) is 0 Å². The quantitative estimate of drug-likeness (QED) is 0.873. The number of anilines is 1. The molecule has 0 radical (unpaired) electrons. The van der Waals surface area contributed by atoms with Gasteiger partial charge in [0.25, 0.3) is 0 Å². The molecule has 0 unspecified atom stereocenters. The first-order valence-electron chi connectivity index (χ1n) is 6.38. The van der Waals surface area contributed by atoms with Gasteiger partial charge in [-0.25, -0.2) is 13.6 Å². The second-order valence-corrected chi connectivity index (χ2v) is 4.61. The largest absolute Gasteiger partial charge is 0.465 e. The topological polar surface area (TPSA) is 38.3 Å². The SMILES string of the molecule is COC(=O)c1ccc(NCc2cc(F)ccc2F)c(C)c1. The summed E-state index contributed by atoms with van der Waals surface area (Å²) < 4.78 is 31.2. The summed E-state index contributed by atoms with van der Waals surface area (Å²) in [5, 5.41) is 3.02. The molecule has 0 spiro atoms. The highest BCUT2D eigenvalue weighted by Crippen LogP contribution is 2.19. The predicted molar refractivity (Wildman–Crippen MR) is 76.2 cm³/mol. The number of benzene rings is 2. The minimum absolute atomic E-state index is 0.155. The van der Waals surface area contributed by atoms with Crippen LogP contribution >= 0.6 is 0 Å². The summed E-state index contributed by atoms with van der Waals surface area (Å²) >= 11 is 0. The average Bonchev–Trinajstić information content (AvgIpc) is 2.48. The van der Waals surface area contributed by atoms with Gasteiger partial charge >= 0.3 is 5.97 Å². The van der Waals surface area contributed by atoms with E-state index in [9.17, 15) is 13.6 Å². The number of esters is 1. The Morgan fingerprint density at radius 1 is 1.19 bits per heavy atom. The van der Waals surface area contributed by atoms with E-state index in [2.05, 4.69) is 10.1 Å². The van der Waals surface area contributed by atoms with E-state index in [-0.39, 0.29) is 12.1 Å². The highest BCUT2D eigenvalue weighted by molar-refractivity contribution is 5.90. The molecule has 3 nitrogen and oxygen atoms in total. The van der Waals surface area contributed by atoms with E-state index >= 15 is 0 Å². The monoisotopic (exact) mass is 291 g/mol. The van der Waals surface area contributed by atoms with Crippen molar-refractivity contribution in [2.24, 2.45) is 0 Å². The smallest absolute Gasteiger partial charge is 0.337 e. The third-order valence-corrected chi connectivity index (χ3v) is 3.12. The van der Waals surface area contributed by atoms with E-state index in [1.54, 1.807) is 18.2 Å². The molecule has 0 aliphatic carbocycles. The Balaban J connectivity index is 2.13. The van der Waals surface area contributed by atoms with Crippen LogP contribution in [-0.4, -0.2) is 13.1 Å². The van der Waals surface area contributed by atoms with Crippen LogP contribution in [0, 0.1) is 18.6 Å². The van der Waals surface area contributed by atoms with E-state index in [1.807, 2.05) is 6.92 Å². The standard InChI is InChI=1S/C16H15F2NO2/c1-10-7-11(16(20)21-2)3-6-15(10)19-9-12-8-13(17)4-5-14(12)18/h3-8,19H,9H2,1-2H3. The lowest BCUT2D eigenvalue weighted by Crippen LogP contribution is -2.06. The van der Waals surface area contributed by atoms with Crippen molar-refractivity contribution in [3.8, 4) is 0 Å². The van der Waals surface area contributed by atoms with Gasteiger partial charge in [-0.05, 0) is 48.9 Å². The zero-order chi connectivity index (χ0) is 15.4. The molecular weight excluding hydrogens is 276 g/mol. The molecule has 21 heavy (non-hydrogen) atoms. The first kappa shape index (κ1) is 15.0. The van der Waals surface area contributed by atoms with Crippen LogP contribution in [-0.2, 0) is 11.3 Å². The van der Waals surface area contributed by atoms with Gasteiger partial charge in [0.2, 0.25) is 0 Å². The Morgan fingerprint density at radius 2 is 1.95 bits per heavy atom. The fourth-order valence-corrected chi connectivity index (χ4v) is 1.98. The maximum absolute atomic E-state index is 13.5. The molecule has 5 heteroatoms. The summed E-state index contributed by atoms with van der Waals surface area (Å²) in [5.74, 6) is -1.36. The molecule has 0 amide bonds. The van der Waals surface area contributed by atoms with E-state index in [1.165, 1.54) is 7.11 Å². The summed E-state index contributed by atoms with van der Waals surface area (Å²) in [6, 6.07) is 8.33. The van der Waals surface area contributed by atoms with E-state index in [0.29, 0.717) is 5.56 Å². The van der Waals surface area contributed by atoms with Crippen LogP contribution in [0.4, 0.5) is 14.5 Å². The van der Waals surface area contributed by atoms with Gasteiger partial charge in [0.15, 0.2) is 0 Å². The number of ether oxygens (including phenoxy) is 1. The van der Waals surface area contributed by atoms with Gasteiger partial charge in [0.05, 0.1) is 12.7 Å².